The van der Waals surface area contributed by atoms with E-state index in [4.69, 9.17) is 0 Å². The Morgan fingerprint density at radius 3 is 2.26 bits per heavy atom. The molecule has 0 spiro atoms. The highest BCUT2D eigenvalue weighted by Crippen LogP contribution is 2.29. The standard InChI is InChI=1S/C16H31N3/c1-15(2,3)13(12-18-16(4,5)6)8-9-14-17-10-11-19(14)7/h10-11,13,18H,8-9,12H2,1-7H3. The summed E-state index contributed by atoms with van der Waals surface area (Å²) < 4.78 is 2.12. The van der Waals surface area contributed by atoms with Crippen molar-refractivity contribution in [3.05, 3.63) is 18.2 Å². The smallest absolute Gasteiger partial charge is 0.108 e. The largest absolute Gasteiger partial charge is 0.338 e. The maximum atomic E-state index is 4.42. The van der Waals surface area contributed by atoms with E-state index in [-0.39, 0.29) is 5.54 Å². The van der Waals surface area contributed by atoms with Crippen LogP contribution in [0.25, 0.3) is 0 Å². The minimum absolute atomic E-state index is 0.187. The molecule has 1 atom stereocenters. The van der Waals surface area contributed by atoms with Crippen LogP contribution in [0.3, 0.4) is 0 Å². The van der Waals surface area contributed by atoms with Crippen molar-refractivity contribution in [1.29, 1.82) is 0 Å². The fourth-order valence-electron chi connectivity index (χ4n) is 2.21. The van der Waals surface area contributed by atoms with Crippen LogP contribution in [0.2, 0.25) is 0 Å². The second-order valence-corrected chi connectivity index (χ2v) is 7.69. The summed E-state index contributed by atoms with van der Waals surface area (Å²) in [6, 6.07) is 0. The predicted octanol–water partition coefficient (Wildman–Crippen LogP) is 3.40. The van der Waals surface area contributed by atoms with E-state index in [9.17, 15) is 0 Å². The van der Waals surface area contributed by atoms with E-state index in [2.05, 4.69) is 63.5 Å². The van der Waals surface area contributed by atoms with Gasteiger partial charge in [-0.2, -0.15) is 0 Å². The van der Waals surface area contributed by atoms with Gasteiger partial charge in [0.15, 0.2) is 0 Å². The Labute approximate surface area is 118 Å². The van der Waals surface area contributed by atoms with Gasteiger partial charge >= 0.3 is 0 Å². The summed E-state index contributed by atoms with van der Waals surface area (Å²) in [5, 5.41) is 3.65. The predicted molar refractivity (Wildman–Crippen MR) is 82.2 cm³/mol. The van der Waals surface area contributed by atoms with E-state index in [0.717, 1.165) is 13.0 Å². The van der Waals surface area contributed by atoms with E-state index in [0.29, 0.717) is 11.3 Å². The van der Waals surface area contributed by atoms with Gasteiger partial charge in [-0.15, -0.1) is 0 Å². The number of hydrogen-bond donors (Lipinski definition) is 1. The Hall–Kier alpha value is -0.830. The maximum Gasteiger partial charge on any atom is 0.108 e. The molecule has 1 unspecified atom stereocenters. The molecule has 0 aromatic carbocycles. The van der Waals surface area contributed by atoms with Crippen LogP contribution in [0.5, 0.6) is 0 Å². The third-order valence-corrected chi connectivity index (χ3v) is 3.74. The Kier molecular flexibility index (Phi) is 5.19. The first kappa shape index (κ1) is 16.2. The lowest BCUT2D eigenvalue weighted by atomic mass is 9.77. The van der Waals surface area contributed by atoms with Crippen molar-refractivity contribution < 1.29 is 0 Å². The number of rotatable bonds is 5. The van der Waals surface area contributed by atoms with Crippen LogP contribution in [0.1, 0.15) is 53.8 Å². The molecule has 3 nitrogen and oxygen atoms in total. The Bertz CT molecular complexity index is 379. The summed E-state index contributed by atoms with van der Waals surface area (Å²) in [7, 11) is 2.07. The molecule has 0 amide bonds. The molecule has 1 N–H and O–H groups in total. The van der Waals surface area contributed by atoms with Gasteiger partial charge in [0, 0.05) is 31.4 Å². The highest BCUT2D eigenvalue weighted by Gasteiger charge is 2.26. The van der Waals surface area contributed by atoms with Crippen LogP contribution >= 0.6 is 0 Å². The zero-order chi connectivity index (χ0) is 14.7. The van der Waals surface area contributed by atoms with E-state index >= 15 is 0 Å². The van der Waals surface area contributed by atoms with Crippen molar-refractivity contribution in [2.75, 3.05) is 6.54 Å². The number of nitrogens with zero attached hydrogens (tertiary/aromatic N) is 2. The van der Waals surface area contributed by atoms with E-state index in [1.165, 1.54) is 12.2 Å². The topological polar surface area (TPSA) is 29.9 Å². The van der Waals surface area contributed by atoms with E-state index < -0.39 is 0 Å². The average molecular weight is 265 g/mol. The molecule has 19 heavy (non-hydrogen) atoms. The molecule has 0 saturated carbocycles. The van der Waals surface area contributed by atoms with Gasteiger partial charge in [-0.3, -0.25) is 0 Å². The van der Waals surface area contributed by atoms with E-state index in [1.54, 1.807) is 0 Å². The van der Waals surface area contributed by atoms with Gasteiger partial charge in [-0.05, 0) is 45.1 Å². The molecular weight excluding hydrogens is 234 g/mol. The summed E-state index contributed by atoms with van der Waals surface area (Å²) in [4.78, 5) is 4.42. The minimum Gasteiger partial charge on any atom is -0.338 e. The van der Waals surface area contributed by atoms with Crippen molar-refractivity contribution in [1.82, 2.24) is 14.9 Å². The van der Waals surface area contributed by atoms with Gasteiger partial charge in [0.25, 0.3) is 0 Å². The van der Waals surface area contributed by atoms with Crippen molar-refractivity contribution >= 4 is 0 Å². The average Bonchev–Trinajstić information content (AvgIpc) is 2.60. The molecule has 1 heterocycles. The summed E-state index contributed by atoms with van der Waals surface area (Å²) in [5.74, 6) is 1.84. The number of imidazole rings is 1. The second kappa shape index (κ2) is 6.08. The zero-order valence-corrected chi connectivity index (χ0v) is 13.7. The van der Waals surface area contributed by atoms with Crippen LogP contribution in [-0.4, -0.2) is 21.6 Å². The van der Waals surface area contributed by atoms with Gasteiger partial charge in [-0.1, -0.05) is 20.8 Å². The fraction of sp³-hybridized carbons (Fsp3) is 0.812. The first-order valence-corrected chi connectivity index (χ1v) is 7.31. The molecule has 0 saturated heterocycles. The number of aryl methyl sites for hydroxylation is 2. The van der Waals surface area contributed by atoms with Gasteiger partial charge in [-0.25, -0.2) is 4.98 Å². The van der Waals surface area contributed by atoms with Crippen molar-refractivity contribution in [2.24, 2.45) is 18.4 Å². The van der Waals surface area contributed by atoms with Crippen LogP contribution in [0.15, 0.2) is 12.4 Å². The molecule has 0 bridgehead atoms. The molecule has 1 aromatic rings. The van der Waals surface area contributed by atoms with Crippen LogP contribution in [-0.2, 0) is 13.5 Å². The van der Waals surface area contributed by atoms with Gasteiger partial charge in [0.1, 0.15) is 5.82 Å². The molecule has 3 heteroatoms. The van der Waals surface area contributed by atoms with Crippen molar-refractivity contribution in [3.8, 4) is 0 Å². The van der Waals surface area contributed by atoms with Gasteiger partial charge < -0.3 is 9.88 Å². The third-order valence-electron chi connectivity index (χ3n) is 3.74. The van der Waals surface area contributed by atoms with Gasteiger partial charge in [0.05, 0.1) is 0 Å². The normalized spacial score (nSPS) is 14.7. The number of aromatic nitrogens is 2. The second-order valence-electron chi connectivity index (χ2n) is 7.69. The Morgan fingerprint density at radius 1 is 1.21 bits per heavy atom. The summed E-state index contributed by atoms with van der Waals surface area (Å²) in [5.41, 5.74) is 0.510. The zero-order valence-electron chi connectivity index (χ0n) is 13.7. The molecule has 0 radical (unpaired) electrons. The van der Waals surface area contributed by atoms with Crippen molar-refractivity contribution in [3.63, 3.8) is 0 Å². The molecule has 110 valence electrons. The Morgan fingerprint density at radius 2 is 1.84 bits per heavy atom. The maximum absolute atomic E-state index is 4.42. The molecule has 0 aliphatic rings. The highest BCUT2D eigenvalue weighted by atomic mass is 15.0. The molecule has 1 rings (SSSR count). The van der Waals surface area contributed by atoms with Crippen LogP contribution in [0, 0.1) is 11.3 Å². The fourth-order valence-corrected chi connectivity index (χ4v) is 2.21. The molecule has 0 aliphatic carbocycles. The monoisotopic (exact) mass is 265 g/mol. The summed E-state index contributed by atoms with van der Waals surface area (Å²) in [6.07, 6.45) is 6.14. The van der Waals surface area contributed by atoms with Crippen LogP contribution < -0.4 is 5.32 Å². The lowest BCUT2D eigenvalue weighted by Crippen LogP contribution is -2.42. The number of hydrogen-bond acceptors (Lipinski definition) is 2. The van der Waals surface area contributed by atoms with Crippen LogP contribution in [0.4, 0.5) is 0 Å². The van der Waals surface area contributed by atoms with E-state index in [1.807, 2.05) is 12.4 Å². The highest BCUT2D eigenvalue weighted by molar-refractivity contribution is 4.92. The summed E-state index contributed by atoms with van der Waals surface area (Å²) >= 11 is 0. The lowest BCUT2D eigenvalue weighted by molar-refractivity contribution is 0.202. The SMILES string of the molecule is Cn1ccnc1CCC(CNC(C)(C)C)C(C)(C)C. The Balaban J connectivity index is 2.58. The molecule has 0 fully saturated rings. The minimum atomic E-state index is 0.187. The van der Waals surface area contributed by atoms with Gasteiger partial charge in [0.2, 0.25) is 0 Å². The third kappa shape index (κ3) is 5.77. The number of nitrogens with one attached hydrogen (secondary N) is 1. The van der Waals surface area contributed by atoms with Crippen molar-refractivity contribution in [2.45, 2.75) is 59.9 Å². The first-order valence-electron chi connectivity index (χ1n) is 7.31. The molecule has 0 aliphatic heterocycles. The lowest BCUT2D eigenvalue weighted by Gasteiger charge is -2.34. The quantitative estimate of drug-likeness (QED) is 0.884. The molecular formula is C16H31N3. The molecule has 1 aromatic heterocycles. The first-order chi connectivity index (χ1) is 8.59. The summed E-state index contributed by atoms with van der Waals surface area (Å²) in [6.45, 7) is 14.8.